The predicted octanol–water partition coefficient (Wildman–Crippen LogP) is 4.73. The van der Waals surface area contributed by atoms with Crippen LogP contribution in [0.4, 0.5) is 14.9 Å². The maximum atomic E-state index is 13.2. The van der Waals surface area contributed by atoms with Gasteiger partial charge in [0.2, 0.25) is 0 Å². The minimum atomic E-state index is -0.820. The van der Waals surface area contributed by atoms with Gasteiger partial charge in [-0.2, -0.15) is 0 Å². The highest BCUT2D eigenvalue weighted by Crippen LogP contribution is 2.44. The summed E-state index contributed by atoms with van der Waals surface area (Å²) in [6.45, 7) is 0. The Bertz CT molecular complexity index is 1090. The van der Waals surface area contributed by atoms with Gasteiger partial charge in [0, 0.05) is 24.4 Å². The molecule has 7 heteroatoms. The maximum absolute atomic E-state index is 13.2. The Morgan fingerprint density at radius 3 is 2.34 bits per heavy atom. The predicted molar refractivity (Wildman–Crippen MR) is 119 cm³/mol. The summed E-state index contributed by atoms with van der Waals surface area (Å²) < 4.78 is 13.2. The molecule has 3 unspecified atom stereocenters. The van der Waals surface area contributed by atoms with Crippen LogP contribution in [-0.2, 0) is 0 Å². The van der Waals surface area contributed by atoms with Gasteiger partial charge in [-0.15, -0.1) is 0 Å². The lowest BCUT2D eigenvalue weighted by atomic mass is 9.92. The molecule has 1 aliphatic heterocycles. The first kappa shape index (κ1) is 21.6. The SMILES string of the molecule is CN1C(=O)N(c2ccccc2)C(c2ccc(O)cc2O)C1CCC(O)c1ccc(F)cc1. The summed E-state index contributed by atoms with van der Waals surface area (Å²) >= 11 is 0. The molecule has 1 aliphatic rings. The lowest BCUT2D eigenvalue weighted by molar-refractivity contribution is 0.148. The summed E-state index contributed by atoms with van der Waals surface area (Å²) in [6.07, 6.45) is -0.0417. The number of benzene rings is 3. The number of hydrogen-bond acceptors (Lipinski definition) is 4. The van der Waals surface area contributed by atoms with Gasteiger partial charge in [-0.25, -0.2) is 9.18 Å². The number of rotatable bonds is 6. The zero-order valence-electron chi connectivity index (χ0n) is 17.6. The molecule has 0 aliphatic carbocycles. The quantitative estimate of drug-likeness (QED) is 0.522. The minimum absolute atomic E-state index is 0.0709. The maximum Gasteiger partial charge on any atom is 0.325 e. The number of aromatic hydroxyl groups is 2. The van der Waals surface area contributed by atoms with Crippen LogP contribution in [-0.4, -0.2) is 39.3 Å². The Morgan fingerprint density at radius 2 is 1.69 bits per heavy atom. The van der Waals surface area contributed by atoms with Gasteiger partial charge in [-0.05, 0) is 54.8 Å². The van der Waals surface area contributed by atoms with Crippen molar-refractivity contribution in [3.8, 4) is 11.5 Å². The zero-order chi connectivity index (χ0) is 22.8. The summed E-state index contributed by atoms with van der Waals surface area (Å²) in [6, 6.07) is 18.1. The number of amides is 2. The van der Waals surface area contributed by atoms with Crippen molar-refractivity contribution in [1.29, 1.82) is 0 Å². The van der Waals surface area contributed by atoms with E-state index in [0.29, 0.717) is 29.7 Å². The summed E-state index contributed by atoms with van der Waals surface area (Å²) in [5.41, 5.74) is 1.79. The molecule has 3 aromatic carbocycles. The largest absolute Gasteiger partial charge is 0.508 e. The molecule has 0 bridgehead atoms. The fourth-order valence-electron chi connectivity index (χ4n) is 4.33. The van der Waals surface area contributed by atoms with Gasteiger partial charge in [0.25, 0.3) is 0 Å². The molecule has 1 fully saturated rings. The van der Waals surface area contributed by atoms with E-state index in [1.165, 1.54) is 24.3 Å². The van der Waals surface area contributed by atoms with Crippen LogP contribution in [0.15, 0.2) is 72.8 Å². The highest BCUT2D eigenvalue weighted by molar-refractivity contribution is 5.95. The highest BCUT2D eigenvalue weighted by atomic mass is 19.1. The van der Waals surface area contributed by atoms with Gasteiger partial charge < -0.3 is 20.2 Å². The van der Waals surface area contributed by atoms with Crippen molar-refractivity contribution in [1.82, 2.24) is 4.90 Å². The third kappa shape index (κ3) is 4.11. The molecule has 3 aromatic rings. The number of anilines is 1. The smallest absolute Gasteiger partial charge is 0.325 e. The standard InChI is InChI=1S/C25H25FN2O4/c1-27-21(13-14-22(30)16-7-9-17(26)10-8-16)24(20-12-11-19(29)15-23(20)31)28(25(27)32)18-5-3-2-4-6-18/h2-12,15,21-22,24,29-31H,13-14H2,1H3. The number of phenolic OH excluding ortho intramolecular Hbond substituents is 2. The molecule has 166 valence electrons. The Balaban J connectivity index is 1.67. The van der Waals surface area contributed by atoms with Crippen LogP contribution in [0.2, 0.25) is 0 Å². The molecule has 32 heavy (non-hydrogen) atoms. The van der Waals surface area contributed by atoms with Crippen LogP contribution in [0, 0.1) is 5.82 Å². The van der Waals surface area contributed by atoms with Crippen molar-refractivity contribution >= 4 is 11.7 Å². The van der Waals surface area contributed by atoms with Gasteiger partial charge in [-0.3, -0.25) is 4.90 Å². The average Bonchev–Trinajstić information content (AvgIpc) is 3.03. The monoisotopic (exact) mass is 436 g/mol. The first-order valence-electron chi connectivity index (χ1n) is 10.4. The normalized spacial score (nSPS) is 19.4. The van der Waals surface area contributed by atoms with Crippen LogP contribution >= 0.6 is 0 Å². The van der Waals surface area contributed by atoms with Gasteiger partial charge in [-0.1, -0.05) is 30.3 Å². The van der Waals surface area contributed by atoms with Crippen LogP contribution < -0.4 is 4.90 Å². The Labute approximate surface area is 185 Å². The van der Waals surface area contributed by atoms with Gasteiger partial charge in [0.05, 0.1) is 18.2 Å². The van der Waals surface area contributed by atoms with Gasteiger partial charge >= 0.3 is 6.03 Å². The van der Waals surface area contributed by atoms with E-state index in [2.05, 4.69) is 0 Å². The van der Waals surface area contributed by atoms with E-state index in [1.807, 2.05) is 30.3 Å². The number of hydrogen-bond donors (Lipinski definition) is 3. The van der Waals surface area contributed by atoms with Crippen molar-refractivity contribution in [3.63, 3.8) is 0 Å². The number of halogens is 1. The van der Waals surface area contributed by atoms with Crippen molar-refractivity contribution < 1.29 is 24.5 Å². The van der Waals surface area contributed by atoms with E-state index in [-0.39, 0.29) is 29.4 Å². The molecule has 0 aromatic heterocycles. The fraction of sp³-hybridized carbons (Fsp3) is 0.240. The first-order chi connectivity index (χ1) is 15.4. The second-order valence-corrected chi connectivity index (χ2v) is 8.00. The molecular formula is C25H25FN2O4. The highest BCUT2D eigenvalue weighted by Gasteiger charge is 2.46. The van der Waals surface area contributed by atoms with Crippen molar-refractivity contribution in [3.05, 3.63) is 89.7 Å². The molecule has 3 N–H and O–H groups in total. The van der Waals surface area contributed by atoms with E-state index in [0.717, 1.165) is 0 Å². The molecule has 1 heterocycles. The molecule has 2 amide bonds. The van der Waals surface area contributed by atoms with E-state index in [9.17, 15) is 24.5 Å². The third-order valence-electron chi connectivity index (χ3n) is 6.01. The number of nitrogens with zero attached hydrogens (tertiary/aromatic N) is 2. The number of urea groups is 1. The number of carbonyl (C=O) groups is 1. The molecule has 0 spiro atoms. The van der Waals surface area contributed by atoms with Crippen LogP contribution in [0.1, 0.15) is 36.1 Å². The van der Waals surface area contributed by atoms with Crippen LogP contribution in [0.25, 0.3) is 0 Å². The lowest BCUT2D eigenvalue weighted by Gasteiger charge is -2.29. The molecule has 4 rings (SSSR count). The van der Waals surface area contributed by atoms with Crippen molar-refractivity contribution in [2.75, 3.05) is 11.9 Å². The fourth-order valence-corrected chi connectivity index (χ4v) is 4.33. The number of para-hydroxylation sites is 1. The number of aliphatic hydroxyl groups is 1. The first-order valence-corrected chi connectivity index (χ1v) is 10.4. The summed E-state index contributed by atoms with van der Waals surface area (Å²) in [5, 5.41) is 31.0. The van der Waals surface area contributed by atoms with E-state index in [1.54, 1.807) is 35.0 Å². The lowest BCUT2D eigenvalue weighted by Crippen LogP contribution is -2.31. The number of aliphatic hydroxyl groups excluding tert-OH is 1. The van der Waals surface area contributed by atoms with E-state index in [4.69, 9.17) is 0 Å². The van der Waals surface area contributed by atoms with Crippen molar-refractivity contribution in [2.45, 2.75) is 31.0 Å². The van der Waals surface area contributed by atoms with Crippen LogP contribution in [0.5, 0.6) is 11.5 Å². The topological polar surface area (TPSA) is 84.2 Å². The van der Waals surface area contributed by atoms with E-state index >= 15 is 0 Å². The minimum Gasteiger partial charge on any atom is -0.508 e. The summed E-state index contributed by atoms with van der Waals surface area (Å²) in [7, 11) is 1.70. The molecule has 1 saturated heterocycles. The zero-order valence-corrected chi connectivity index (χ0v) is 17.6. The van der Waals surface area contributed by atoms with Gasteiger partial charge in [0.1, 0.15) is 17.3 Å². The Hall–Kier alpha value is -3.58. The summed E-state index contributed by atoms with van der Waals surface area (Å²) in [4.78, 5) is 16.5. The number of carbonyl (C=O) groups excluding carboxylic acids is 1. The van der Waals surface area contributed by atoms with Crippen molar-refractivity contribution in [2.24, 2.45) is 0 Å². The average molecular weight is 436 g/mol. The van der Waals surface area contributed by atoms with E-state index < -0.39 is 12.1 Å². The molecule has 0 radical (unpaired) electrons. The second kappa shape index (κ2) is 8.88. The third-order valence-corrected chi connectivity index (χ3v) is 6.01. The molecule has 0 saturated carbocycles. The summed E-state index contributed by atoms with van der Waals surface area (Å²) in [5.74, 6) is -0.551. The van der Waals surface area contributed by atoms with Gasteiger partial charge in [0.15, 0.2) is 0 Å². The molecular weight excluding hydrogens is 411 g/mol. The Morgan fingerprint density at radius 1 is 1.00 bits per heavy atom. The number of phenols is 2. The van der Waals surface area contributed by atoms with Crippen LogP contribution in [0.3, 0.4) is 0 Å². The second-order valence-electron chi connectivity index (χ2n) is 8.00. The Kier molecular flexibility index (Phi) is 6.01. The molecule has 3 atom stereocenters. The molecule has 6 nitrogen and oxygen atoms in total. The number of likely N-dealkylation sites (N-methyl/N-ethyl adjacent to an activating group) is 1.